The van der Waals surface area contributed by atoms with E-state index in [0.29, 0.717) is 35.7 Å². The number of amides is 1. The number of carbonyl (C=O) groups is 1. The Labute approximate surface area is 166 Å². The van der Waals surface area contributed by atoms with Gasteiger partial charge in [-0.25, -0.2) is 0 Å². The standard InChI is InChI=1S/C24H25N3O/c1-15-11-19-12-23(28)27-24(19)21(16(15)2)10-9-20-8-7-18(14-26-20)22-6-4-3-5-17(22)13-25/h3-10,14-16,19,21,24H,11-12H2,1-2H3,(H,27,28)/t15-,16+,19-,21-,24+/m0/s1. The van der Waals surface area contributed by atoms with Gasteiger partial charge in [-0.1, -0.05) is 44.2 Å². The number of pyridine rings is 1. The van der Waals surface area contributed by atoms with E-state index >= 15 is 0 Å². The molecule has 1 aromatic carbocycles. The Morgan fingerprint density at radius 3 is 2.79 bits per heavy atom. The molecule has 4 nitrogen and oxygen atoms in total. The number of nitriles is 1. The summed E-state index contributed by atoms with van der Waals surface area (Å²) in [6.07, 6.45) is 7.91. The molecule has 1 aliphatic heterocycles. The van der Waals surface area contributed by atoms with E-state index in [-0.39, 0.29) is 11.9 Å². The van der Waals surface area contributed by atoms with Gasteiger partial charge in [0.2, 0.25) is 5.91 Å². The average molecular weight is 371 g/mol. The van der Waals surface area contributed by atoms with Crippen molar-refractivity contribution in [1.82, 2.24) is 10.3 Å². The van der Waals surface area contributed by atoms with Crippen molar-refractivity contribution in [3.63, 3.8) is 0 Å². The molecule has 1 amide bonds. The first-order valence-electron chi connectivity index (χ1n) is 10.00. The van der Waals surface area contributed by atoms with E-state index < -0.39 is 0 Å². The third-order valence-electron chi connectivity index (χ3n) is 6.51. The van der Waals surface area contributed by atoms with Crippen molar-refractivity contribution < 1.29 is 4.79 Å². The van der Waals surface area contributed by atoms with Gasteiger partial charge in [-0.05, 0) is 42.4 Å². The Morgan fingerprint density at radius 2 is 2.04 bits per heavy atom. The van der Waals surface area contributed by atoms with Gasteiger partial charge in [0.15, 0.2) is 0 Å². The van der Waals surface area contributed by atoms with Gasteiger partial charge in [0.1, 0.15) is 0 Å². The summed E-state index contributed by atoms with van der Waals surface area (Å²) in [5.41, 5.74) is 3.39. The number of fused-ring (bicyclic) bond motifs is 1. The summed E-state index contributed by atoms with van der Waals surface area (Å²) in [6, 6.07) is 14.0. The van der Waals surface area contributed by atoms with Crippen LogP contribution in [0.4, 0.5) is 0 Å². The monoisotopic (exact) mass is 371 g/mol. The Morgan fingerprint density at radius 1 is 1.21 bits per heavy atom. The molecule has 2 fully saturated rings. The fraction of sp³-hybridized carbons (Fsp3) is 0.375. The Kier molecular flexibility index (Phi) is 5.00. The second-order valence-corrected chi connectivity index (χ2v) is 8.20. The summed E-state index contributed by atoms with van der Waals surface area (Å²) in [5.74, 6) is 2.11. The molecule has 2 heterocycles. The normalized spacial score (nSPS) is 29.3. The lowest BCUT2D eigenvalue weighted by molar-refractivity contribution is -0.119. The first-order valence-corrected chi connectivity index (χ1v) is 10.00. The van der Waals surface area contributed by atoms with E-state index in [1.54, 1.807) is 0 Å². The molecule has 0 unspecified atom stereocenters. The summed E-state index contributed by atoms with van der Waals surface area (Å²) in [4.78, 5) is 16.5. The zero-order valence-corrected chi connectivity index (χ0v) is 16.3. The van der Waals surface area contributed by atoms with Crippen molar-refractivity contribution in [2.24, 2.45) is 23.7 Å². The van der Waals surface area contributed by atoms with E-state index in [9.17, 15) is 10.1 Å². The number of aromatic nitrogens is 1. The number of benzene rings is 1. The molecule has 0 bridgehead atoms. The molecule has 1 saturated heterocycles. The van der Waals surface area contributed by atoms with Gasteiger partial charge in [0.25, 0.3) is 0 Å². The number of rotatable bonds is 3. The molecule has 1 saturated carbocycles. The number of hydrogen-bond acceptors (Lipinski definition) is 3. The summed E-state index contributed by atoms with van der Waals surface area (Å²) >= 11 is 0. The quantitative estimate of drug-likeness (QED) is 0.868. The predicted octanol–water partition coefficient (Wildman–Crippen LogP) is 4.43. The highest BCUT2D eigenvalue weighted by atomic mass is 16.2. The molecule has 2 aliphatic rings. The van der Waals surface area contributed by atoms with E-state index in [1.165, 1.54) is 0 Å². The molecule has 1 aromatic heterocycles. The zero-order valence-electron chi connectivity index (χ0n) is 16.3. The van der Waals surface area contributed by atoms with E-state index in [0.717, 1.165) is 23.2 Å². The summed E-state index contributed by atoms with van der Waals surface area (Å²) in [7, 11) is 0. The smallest absolute Gasteiger partial charge is 0.220 e. The van der Waals surface area contributed by atoms with Crippen LogP contribution in [-0.2, 0) is 4.79 Å². The minimum Gasteiger partial charge on any atom is -0.352 e. The van der Waals surface area contributed by atoms with Gasteiger partial charge >= 0.3 is 0 Å². The van der Waals surface area contributed by atoms with Crippen LogP contribution < -0.4 is 5.32 Å². The molecular weight excluding hydrogens is 346 g/mol. The molecule has 4 rings (SSSR count). The van der Waals surface area contributed by atoms with Crippen molar-refractivity contribution in [1.29, 1.82) is 5.26 Å². The third-order valence-corrected chi connectivity index (χ3v) is 6.51. The highest BCUT2D eigenvalue weighted by molar-refractivity contribution is 5.79. The molecule has 1 aliphatic carbocycles. The lowest BCUT2D eigenvalue weighted by Crippen LogP contribution is -2.44. The van der Waals surface area contributed by atoms with Crippen LogP contribution in [-0.4, -0.2) is 16.9 Å². The number of nitrogens with zero attached hydrogens (tertiary/aromatic N) is 2. The van der Waals surface area contributed by atoms with Gasteiger partial charge in [0.05, 0.1) is 17.3 Å². The van der Waals surface area contributed by atoms with Crippen LogP contribution in [0.2, 0.25) is 0 Å². The van der Waals surface area contributed by atoms with Gasteiger partial charge in [-0.2, -0.15) is 5.26 Å². The molecule has 142 valence electrons. The van der Waals surface area contributed by atoms with Crippen molar-refractivity contribution in [2.75, 3.05) is 0 Å². The molecule has 28 heavy (non-hydrogen) atoms. The van der Waals surface area contributed by atoms with Crippen LogP contribution in [0.5, 0.6) is 0 Å². The van der Waals surface area contributed by atoms with Gasteiger partial charge in [-0.15, -0.1) is 0 Å². The molecule has 0 radical (unpaired) electrons. The topological polar surface area (TPSA) is 65.8 Å². The fourth-order valence-electron chi connectivity index (χ4n) is 4.77. The number of hydrogen-bond donors (Lipinski definition) is 1. The fourth-order valence-corrected chi connectivity index (χ4v) is 4.77. The minimum absolute atomic E-state index is 0.188. The number of carbonyl (C=O) groups excluding carboxylic acids is 1. The Balaban J connectivity index is 1.54. The molecular formula is C24H25N3O. The highest BCUT2D eigenvalue weighted by Crippen LogP contribution is 2.42. The maximum Gasteiger partial charge on any atom is 0.220 e. The van der Waals surface area contributed by atoms with Crippen LogP contribution in [0.1, 0.15) is 37.9 Å². The van der Waals surface area contributed by atoms with E-state index in [4.69, 9.17) is 0 Å². The average Bonchev–Trinajstić information content (AvgIpc) is 3.08. The molecule has 2 aromatic rings. The van der Waals surface area contributed by atoms with E-state index in [1.807, 2.05) is 42.6 Å². The van der Waals surface area contributed by atoms with Crippen molar-refractivity contribution >= 4 is 12.0 Å². The van der Waals surface area contributed by atoms with Crippen molar-refractivity contribution in [3.8, 4) is 17.2 Å². The van der Waals surface area contributed by atoms with Crippen LogP contribution in [0, 0.1) is 35.0 Å². The zero-order chi connectivity index (χ0) is 19.7. The second-order valence-electron chi connectivity index (χ2n) is 8.20. The lowest BCUT2D eigenvalue weighted by atomic mass is 9.66. The van der Waals surface area contributed by atoms with Crippen LogP contribution >= 0.6 is 0 Å². The summed E-state index contributed by atoms with van der Waals surface area (Å²) < 4.78 is 0. The Bertz CT molecular complexity index is 941. The van der Waals surface area contributed by atoms with Crippen LogP contribution in [0.25, 0.3) is 17.2 Å². The largest absolute Gasteiger partial charge is 0.352 e. The molecule has 5 atom stereocenters. The van der Waals surface area contributed by atoms with Crippen molar-refractivity contribution in [2.45, 2.75) is 32.7 Å². The molecule has 4 heteroatoms. The van der Waals surface area contributed by atoms with Gasteiger partial charge < -0.3 is 5.32 Å². The minimum atomic E-state index is 0.188. The molecule has 1 N–H and O–H groups in total. The van der Waals surface area contributed by atoms with Gasteiger partial charge in [-0.3, -0.25) is 9.78 Å². The second kappa shape index (κ2) is 7.59. The third kappa shape index (κ3) is 3.45. The highest BCUT2D eigenvalue weighted by Gasteiger charge is 2.44. The van der Waals surface area contributed by atoms with Crippen molar-refractivity contribution in [3.05, 3.63) is 59.9 Å². The SMILES string of the molecule is C[C@H]1[C@H](C=Cc2ccc(-c3ccccc3C#N)cn2)[C@@H]2NC(=O)C[C@@H]2C[C@@H]1C. The maximum absolute atomic E-state index is 11.9. The Hall–Kier alpha value is -2.93. The summed E-state index contributed by atoms with van der Waals surface area (Å²) in [6.45, 7) is 4.58. The van der Waals surface area contributed by atoms with E-state index in [2.05, 4.69) is 42.4 Å². The molecule has 0 spiro atoms. The number of nitrogens with one attached hydrogen (secondary N) is 1. The lowest BCUT2D eigenvalue weighted by Gasteiger charge is -2.40. The van der Waals surface area contributed by atoms with Crippen LogP contribution in [0.3, 0.4) is 0 Å². The predicted molar refractivity (Wildman–Crippen MR) is 110 cm³/mol. The first-order chi connectivity index (χ1) is 13.6. The first kappa shape index (κ1) is 18.4. The van der Waals surface area contributed by atoms with Crippen LogP contribution in [0.15, 0.2) is 48.7 Å². The summed E-state index contributed by atoms with van der Waals surface area (Å²) in [5, 5.41) is 12.5. The van der Waals surface area contributed by atoms with Gasteiger partial charge in [0, 0.05) is 35.7 Å². The maximum atomic E-state index is 11.9.